The van der Waals surface area contributed by atoms with Crippen LogP contribution in [0.15, 0.2) is 6.20 Å². The average molecular weight is 208 g/mol. The van der Waals surface area contributed by atoms with Gasteiger partial charge in [0.05, 0.1) is 6.20 Å². The highest BCUT2D eigenvalue weighted by atomic mass is 16.2. The van der Waals surface area contributed by atoms with Crippen LogP contribution in [0.25, 0.3) is 0 Å². The third-order valence-electron chi connectivity index (χ3n) is 3.02. The highest BCUT2D eigenvalue weighted by Crippen LogP contribution is 2.27. The van der Waals surface area contributed by atoms with Crippen LogP contribution in [0.1, 0.15) is 49.5 Å². The number of hydrogen-bond donors (Lipinski definition) is 2. The summed E-state index contributed by atoms with van der Waals surface area (Å²) in [5.74, 6) is -0.131. The van der Waals surface area contributed by atoms with Crippen LogP contribution in [-0.4, -0.2) is 26.9 Å². The zero-order valence-electron chi connectivity index (χ0n) is 8.92. The van der Waals surface area contributed by atoms with Gasteiger partial charge in [-0.1, -0.05) is 19.3 Å². The van der Waals surface area contributed by atoms with Crippen LogP contribution in [0.2, 0.25) is 0 Å². The molecule has 0 aromatic carbocycles. The summed E-state index contributed by atoms with van der Waals surface area (Å²) in [4.78, 5) is 11.7. The molecule has 0 bridgehead atoms. The van der Waals surface area contributed by atoms with Gasteiger partial charge in [0.15, 0.2) is 5.69 Å². The molecule has 5 nitrogen and oxygen atoms in total. The first-order valence-electron chi connectivity index (χ1n) is 5.38. The fourth-order valence-electron chi connectivity index (χ4n) is 2.11. The molecule has 1 fully saturated rings. The molecule has 1 aliphatic rings. The van der Waals surface area contributed by atoms with Crippen molar-refractivity contribution >= 4 is 5.91 Å². The smallest absolute Gasteiger partial charge is 0.273 e. The normalized spacial score (nSPS) is 19.8. The summed E-state index contributed by atoms with van der Waals surface area (Å²) in [6.45, 7) is 2.10. The minimum Gasteiger partial charge on any atom is -0.345 e. The Morgan fingerprint density at radius 1 is 1.47 bits per heavy atom. The molecule has 1 heterocycles. The lowest BCUT2D eigenvalue weighted by molar-refractivity contribution is 0.0877. The summed E-state index contributed by atoms with van der Waals surface area (Å²) in [7, 11) is 0. The molecular weight excluding hydrogens is 192 g/mol. The van der Waals surface area contributed by atoms with Crippen molar-refractivity contribution in [3.8, 4) is 0 Å². The molecule has 82 valence electrons. The fourth-order valence-corrected chi connectivity index (χ4v) is 2.11. The highest BCUT2D eigenvalue weighted by molar-refractivity contribution is 5.92. The molecule has 0 radical (unpaired) electrons. The molecule has 15 heavy (non-hydrogen) atoms. The summed E-state index contributed by atoms with van der Waals surface area (Å²) in [5, 5.41) is 12.9. The van der Waals surface area contributed by atoms with Crippen LogP contribution in [0.5, 0.6) is 0 Å². The predicted octanol–water partition coefficient (Wildman–Crippen LogP) is 1.26. The molecule has 0 unspecified atom stereocenters. The number of carbonyl (C=O) groups is 1. The Balaban J connectivity index is 1.98. The highest BCUT2D eigenvalue weighted by Gasteiger charge is 2.29. The van der Waals surface area contributed by atoms with Crippen LogP contribution < -0.4 is 5.32 Å². The lowest BCUT2D eigenvalue weighted by atomic mass is 9.83. The van der Waals surface area contributed by atoms with Gasteiger partial charge in [-0.2, -0.15) is 15.4 Å². The van der Waals surface area contributed by atoms with Gasteiger partial charge in [0.25, 0.3) is 5.91 Å². The first kappa shape index (κ1) is 10.1. The number of nitrogens with zero attached hydrogens (tertiary/aromatic N) is 2. The Morgan fingerprint density at radius 3 is 2.80 bits per heavy atom. The molecular formula is C10H16N4O. The molecule has 5 heteroatoms. The van der Waals surface area contributed by atoms with Crippen molar-refractivity contribution < 1.29 is 4.79 Å². The number of nitrogens with one attached hydrogen (secondary N) is 2. The lowest BCUT2D eigenvalue weighted by Gasteiger charge is -2.34. The van der Waals surface area contributed by atoms with E-state index in [9.17, 15) is 4.79 Å². The Labute approximate surface area is 88.6 Å². The molecule has 1 saturated carbocycles. The summed E-state index contributed by atoms with van der Waals surface area (Å²) < 4.78 is 0. The quantitative estimate of drug-likeness (QED) is 0.768. The van der Waals surface area contributed by atoms with Crippen molar-refractivity contribution in [3.05, 3.63) is 11.9 Å². The number of aromatic nitrogens is 3. The van der Waals surface area contributed by atoms with E-state index in [4.69, 9.17) is 0 Å². The zero-order chi connectivity index (χ0) is 10.7. The van der Waals surface area contributed by atoms with E-state index in [0.29, 0.717) is 5.69 Å². The molecule has 1 amide bonds. The van der Waals surface area contributed by atoms with E-state index in [1.54, 1.807) is 0 Å². The second-order valence-corrected chi connectivity index (χ2v) is 4.43. The van der Waals surface area contributed by atoms with Gasteiger partial charge in [-0.15, -0.1) is 0 Å². The second kappa shape index (κ2) is 4.00. The first-order chi connectivity index (χ1) is 7.20. The SMILES string of the molecule is CC1(NC(=O)c2cn[nH]n2)CCCCC1. The van der Waals surface area contributed by atoms with Crippen LogP contribution >= 0.6 is 0 Å². The number of amides is 1. The second-order valence-electron chi connectivity index (χ2n) is 4.43. The van der Waals surface area contributed by atoms with Gasteiger partial charge in [0.1, 0.15) is 0 Å². The molecule has 0 atom stereocenters. The van der Waals surface area contributed by atoms with Gasteiger partial charge in [0.2, 0.25) is 0 Å². The Bertz CT molecular complexity index is 327. The molecule has 0 spiro atoms. The summed E-state index contributed by atoms with van der Waals surface area (Å²) in [6.07, 6.45) is 7.20. The Hall–Kier alpha value is -1.39. The maximum atomic E-state index is 11.7. The zero-order valence-corrected chi connectivity index (χ0v) is 8.92. The predicted molar refractivity (Wildman–Crippen MR) is 55.3 cm³/mol. The van der Waals surface area contributed by atoms with Gasteiger partial charge in [-0.05, 0) is 19.8 Å². The van der Waals surface area contributed by atoms with E-state index in [-0.39, 0.29) is 11.4 Å². The van der Waals surface area contributed by atoms with Crippen molar-refractivity contribution in [3.63, 3.8) is 0 Å². The van der Waals surface area contributed by atoms with Gasteiger partial charge >= 0.3 is 0 Å². The number of hydrogen-bond acceptors (Lipinski definition) is 3. The van der Waals surface area contributed by atoms with Crippen LogP contribution in [0, 0.1) is 0 Å². The maximum Gasteiger partial charge on any atom is 0.273 e. The van der Waals surface area contributed by atoms with E-state index in [2.05, 4.69) is 27.7 Å². The number of carbonyl (C=O) groups excluding carboxylic acids is 1. The first-order valence-corrected chi connectivity index (χ1v) is 5.38. The van der Waals surface area contributed by atoms with Crippen molar-refractivity contribution in [2.45, 2.75) is 44.6 Å². The summed E-state index contributed by atoms with van der Waals surface area (Å²) in [5.41, 5.74) is 0.302. The minimum absolute atomic E-state index is 0.0612. The standard InChI is InChI=1S/C10H16N4O/c1-10(5-3-2-4-6-10)12-9(15)8-7-11-14-13-8/h7H,2-6H2,1H3,(H,12,15)(H,11,13,14). The Morgan fingerprint density at radius 2 is 2.20 bits per heavy atom. The largest absolute Gasteiger partial charge is 0.345 e. The molecule has 2 N–H and O–H groups in total. The van der Waals surface area contributed by atoms with E-state index in [1.807, 2.05) is 0 Å². The summed E-state index contributed by atoms with van der Waals surface area (Å²) in [6, 6.07) is 0. The topological polar surface area (TPSA) is 70.7 Å². The average Bonchev–Trinajstić information content (AvgIpc) is 2.70. The third kappa shape index (κ3) is 2.34. The molecule has 1 aromatic rings. The van der Waals surface area contributed by atoms with E-state index >= 15 is 0 Å². The van der Waals surface area contributed by atoms with Crippen LogP contribution in [0.4, 0.5) is 0 Å². The molecule has 1 aliphatic carbocycles. The molecule has 0 saturated heterocycles. The van der Waals surface area contributed by atoms with Crippen molar-refractivity contribution in [1.82, 2.24) is 20.7 Å². The molecule has 2 rings (SSSR count). The van der Waals surface area contributed by atoms with Gasteiger partial charge in [-0.3, -0.25) is 4.79 Å². The minimum atomic E-state index is -0.131. The van der Waals surface area contributed by atoms with Crippen molar-refractivity contribution in [2.75, 3.05) is 0 Å². The van der Waals surface area contributed by atoms with Crippen molar-refractivity contribution in [2.24, 2.45) is 0 Å². The Kier molecular flexibility index (Phi) is 2.70. The van der Waals surface area contributed by atoms with E-state index in [0.717, 1.165) is 12.8 Å². The third-order valence-corrected chi connectivity index (χ3v) is 3.02. The van der Waals surface area contributed by atoms with Gasteiger partial charge in [0, 0.05) is 5.54 Å². The van der Waals surface area contributed by atoms with E-state index in [1.165, 1.54) is 25.5 Å². The maximum absolute atomic E-state index is 11.7. The van der Waals surface area contributed by atoms with Gasteiger partial charge < -0.3 is 5.32 Å². The number of H-pyrrole nitrogens is 1. The molecule has 1 aromatic heterocycles. The fraction of sp³-hybridized carbons (Fsp3) is 0.700. The van der Waals surface area contributed by atoms with Crippen molar-refractivity contribution in [1.29, 1.82) is 0 Å². The van der Waals surface area contributed by atoms with Crippen LogP contribution in [-0.2, 0) is 0 Å². The van der Waals surface area contributed by atoms with E-state index < -0.39 is 0 Å². The number of aromatic amines is 1. The monoisotopic (exact) mass is 208 g/mol. The molecule has 0 aliphatic heterocycles. The van der Waals surface area contributed by atoms with Crippen LogP contribution in [0.3, 0.4) is 0 Å². The van der Waals surface area contributed by atoms with Gasteiger partial charge in [-0.25, -0.2) is 0 Å². The summed E-state index contributed by atoms with van der Waals surface area (Å²) >= 11 is 0. The number of rotatable bonds is 2. The lowest BCUT2D eigenvalue weighted by Crippen LogP contribution is -2.47.